The lowest BCUT2D eigenvalue weighted by atomic mass is 9.92. The molecule has 1 aliphatic carbocycles. The fraction of sp³-hybridized carbons (Fsp3) is 0.818. The van der Waals surface area contributed by atoms with Crippen LogP contribution in [0.5, 0.6) is 0 Å². The molecule has 0 atom stereocenters. The summed E-state index contributed by atoms with van der Waals surface area (Å²) < 4.78 is 30.5. The van der Waals surface area contributed by atoms with Crippen molar-refractivity contribution in [3.05, 3.63) is 0 Å². The van der Waals surface area contributed by atoms with Crippen molar-refractivity contribution < 1.29 is 23.1 Å². The molecule has 0 radical (unpaired) electrons. The van der Waals surface area contributed by atoms with Crippen LogP contribution in [0.25, 0.3) is 0 Å². The fourth-order valence-electron chi connectivity index (χ4n) is 2.20. The molecular weight excluding hydrogens is 246 g/mol. The van der Waals surface area contributed by atoms with Gasteiger partial charge in [-0.25, -0.2) is 13.6 Å². The number of hydrogen-bond donors (Lipinski definition) is 1. The highest BCUT2D eigenvalue weighted by atomic mass is 19.3. The number of ether oxygens (including phenoxy) is 1. The molecule has 1 aliphatic heterocycles. The number of amides is 2. The summed E-state index contributed by atoms with van der Waals surface area (Å²) in [7, 11) is 0. The van der Waals surface area contributed by atoms with Crippen LogP contribution in [0.3, 0.4) is 0 Å². The van der Waals surface area contributed by atoms with Crippen LogP contribution in [0.15, 0.2) is 0 Å². The predicted molar refractivity (Wildman–Crippen MR) is 58.3 cm³/mol. The smallest absolute Gasteiger partial charge is 0.410 e. The molecule has 0 bridgehead atoms. The maximum atomic E-state index is 12.9. The number of cyclic esters (lactones) is 1. The van der Waals surface area contributed by atoms with Gasteiger partial charge in [-0.2, -0.15) is 0 Å². The van der Waals surface area contributed by atoms with Crippen molar-refractivity contribution in [2.75, 3.05) is 19.7 Å². The summed E-state index contributed by atoms with van der Waals surface area (Å²) in [5, 5.41) is 2.68. The third-order valence-corrected chi connectivity index (χ3v) is 3.26. The summed E-state index contributed by atoms with van der Waals surface area (Å²) >= 11 is 0. The second kappa shape index (κ2) is 5.07. The molecule has 0 aromatic carbocycles. The molecule has 2 fully saturated rings. The number of alkyl halides is 2. The quantitative estimate of drug-likeness (QED) is 0.829. The molecule has 5 nitrogen and oxygen atoms in total. The fourth-order valence-corrected chi connectivity index (χ4v) is 2.20. The number of halogens is 2. The van der Waals surface area contributed by atoms with Gasteiger partial charge in [0.25, 0.3) is 0 Å². The average molecular weight is 262 g/mol. The minimum atomic E-state index is -2.60. The Balaban J connectivity index is 1.73. The third kappa shape index (κ3) is 3.30. The first-order chi connectivity index (χ1) is 8.46. The molecule has 1 N–H and O–H groups in total. The normalized spacial score (nSPS) is 23.9. The van der Waals surface area contributed by atoms with Gasteiger partial charge in [0.05, 0.1) is 6.54 Å². The van der Waals surface area contributed by atoms with E-state index in [2.05, 4.69) is 5.32 Å². The topological polar surface area (TPSA) is 58.6 Å². The molecule has 0 aromatic rings. The molecule has 18 heavy (non-hydrogen) atoms. The maximum absolute atomic E-state index is 12.9. The molecular formula is C11H16F2N2O3. The van der Waals surface area contributed by atoms with Crippen molar-refractivity contribution in [2.24, 2.45) is 0 Å². The lowest BCUT2D eigenvalue weighted by Crippen LogP contribution is -2.45. The average Bonchev–Trinajstić information content (AvgIpc) is 2.68. The van der Waals surface area contributed by atoms with E-state index in [4.69, 9.17) is 4.74 Å². The van der Waals surface area contributed by atoms with Crippen LogP contribution in [0.4, 0.5) is 13.6 Å². The van der Waals surface area contributed by atoms with Gasteiger partial charge in [-0.05, 0) is 12.8 Å². The monoisotopic (exact) mass is 262 g/mol. The zero-order chi connectivity index (χ0) is 13.2. The van der Waals surface area contributed by atoms with E-state index in [-0.39, 0.29) is 44.2 Å². The van der Waals surface area contributed by atoms with Crippen LogP contribution in [-0.4, -0.2) is 48.6 Å². The van der Waals surface area contributed by atoms with Crippen LogP contribution in [-0.2, 0) is 9.53 Å². The van der Waals surface area contributed by atoms with Crippen LogP contribution >= 0.6 is 0 Å². The van der Waals surface area contributed by atoms with E-state index in [9.17, 15) is 18.4 Å². The number of rotatable bonds is 3. The van der Waals surface area contributed by atoms with Gasteiger partial charge in [0.1, 0.15) is 13.2 Å². The van der Waals surface area contributed by atoms with Crippen molar-refractivity contribution >= 4 is 12.0 Å². The van der Waals surface area contributed by atoms with Gasteiger partial charge >= 0.3 is 6.09 Å². The standard InChI is InChI=1S/C11H16F2N2O3/c12-11(13)3-1-8(2-4-11)14-9(16)7-15-5-6-18-10(15)17/h8H,1-7H2,(H,14,16). The lowest BCUT2D eigenvalue weighted by Gasteiger charge is -2.29. The molecule has 1 heterocycles. The SMILES string of the molecule is O=C(CN1CCOC1=O)NC1CCC(F)(F)CC1. The van der Waals surface area contributed by atoms with Gasteiger partial charge in [0.2, 0.25) is 11.8 Å². The van der Waals surface area contributed by atoms with Crippen molar-refractivity contribution in [3.8, 4) is 0 Å². The van der Waals surface area contributed by atoms with Crippen molar-refractivity contribution in [2.45, 2.75) is 37.6 Å². The number of nitrogens with one attached hydrogen (secondary N) is 1. The number of carbonyl (C=O) groups is 2. The van der Waals surface area contributed by atoms with Crippen molar-refractivity contribution in [1.29, 1.82) is 0 Å². The molecule has 102 valence electrons. The third-order valence-electron chi connectivity index (χ3n) is 3.26. The van der Waals surface area contributed by atoms with E-state index in [0.717, 1.165) is 0 Å². The van der Waals surface area contributed by atoms with E-state index in [1.54, 1.807) is 0 Å². The minimum absolute atomic E-state index is 0.0638. The largest absolute Gasteiger partial charge is 0.448 e. The first-order valence-corrected chi connectivity index (χ1v) is 6.05. The predicted octanol–water partition coefficient (Wildman–Crippen LogP) is 1.13. The number of carbonyl (C=O) groups excluding carboxylic acids is 2. The van der Waals surface area contributed by atoms with Crippen LogP contribution < -0.4 is 5.32 Å². The number of hydrogen-bond acceptors (Lipinski definition) is 3. The first-order valence-electron chi connectivity index (χ1n) is 6.05. The summed E-state index contributed by atoms with van der Waals surface area (Å²) in [6, 6.07) is -0.212. The van der Waals surface area contributed by atoms with E-state index in [1.165, 1.54) is 4.90 Å². The molecule has 2 aliphatic rings. The van der Waals surface area contributed by atoms with E-state index in [1.807, 2.05) is 0 Å². The Hall–Kier alpha value is -1.40. The molecule has 0 spiro atoms. The van der Waals surface area contributed by atoms with Gasteiger partial charge < -0.3 is 10.1 Å². The van der Waals surface area contributed by atoms with E-state index < -0.39 is 12.0 Å². The molecule has 2 rings (SSSR count). The second-order valence-corrected chi connectivity index (χ2v) is 4.73. The van der Waals surface area contributed by atoms with Crippen LogP contribution in [0.2, 0.25) is 0 Å². The molecule has 2 amide bonds. The molecule has 1 saturated carbocycles. The molecule has 0 aromatic heterocycles. The zero-order valence-corrected chi connectivity index (χ0v) is 9.95. The Morgan fingerprint density at radius 3 is 2.67 bits per heavy atom. The van der Waals surface area contributed by atoms with Gasteiger partial charge in [-0.3, -0.25) is 9.69 Å². The van der Waals surface area contributed by atoms with Gasteiger partial charge in [-0.1, -0.05) is 0 Å². The van der Waals surface area contributed by atoms with E-state index in [0.29, 0.717) is 13.2 Å². The Kier molecular flexibility index (Phi) is 3.68. The molecule has 7 heteroatoms. The highest BCUT2D eigenvalue weighted by Gasteiger charge is 2.35. The van der Waals surface area contributed by atoms with Gasteiger partial charge in [0, 0.05) is 18.9 Å². The second-order valence-electron chi connectivity index (χ2n) is 4.73. The Labute approximate surface area is 103 Å². The first kappa shape index (κ1) is 13.0. The Bertz CT molecular complexity index is 339. The van der Waals surface area contributed by atoms with Crippen LogP contribution in [0.1, 0.15) is 25.7 Å². The summed E-state index contributed by atoms with van der Waals surface area (Å²) in [5.74, 6) is -2.91. The Morgan fingerprint density at radius 1 is 1.44 bits per heavy atom. The molecule has 0 unspecified atom stereocenters. The highest BCUT2D eigenvalue weighted by molar-refractivity contribution is 5.82. The van der Waals surface area contributed by atoms with E-state index >= 15 is 0 Å². The number of nitrogens with zero attached hydrogens (tertiary/aromatic N) is 1. The zero-order valence-electron chi connectivity index (χ0n) is 9.95. The van der Waals surface area contributed by atoms with Gasteiger partial charge in [-0.15, -0.1) is 0 Å². The summed E-state index contributed by atoms with van der Waals surface area (Å²) in [4.78, 5) is 24.0. The van der Waals surface area contributed by atoms with Gasteiger partial charge in [0.15, 0.2) is 0 Å². The highest BCUT2D eigenvalue weighted by Crippen LogP contribution is 2.32. The summed E-state index contributed by atoms with van der Waals surface area (Å²) in [6.07, 6.45) is -0.319. The summed E-state index contributed by atoms with van der Waals surface area (Å²) in [5.41, 5.74) is 0. The van der Waals surface area contributed by atoms with Crippen molar-refractivity contribution in [1.82, 2.24) is 10.2 Å². The maximum Gasteiger partial charge on any atom is 0.410 e. The molecule has 1 saturated heterocycles. The summed E-state index contributed by atoms with van der Waals surface area (Å²) in [6.45, 7) is 0.627. The minimum Gasteiger partial charge on any atom is -0.448 e. The lowest BCUT2D eigenvalue weighted by molar-refractivity contribution is -0.123. The van der Waals surface area contributed by atoms with Crippen molar-refractivity contribution in [3.63, 3.8) is 0 Å². The Morgan fingerprint density at radius 2 is 2.11 bits per heavy atom. The van der Waals surface area contributed by atoms with Crippen LogP contribution in [0, 0.1) is 0 Å².